The van der Waals surface area contributed by atoms with Crippen LogP contribution in [0.25, 0.3) is 0 Å². The van der Waals surface area contributed by atoms with E-state index in [1.54, 1.807) is 0 Å². The van der Waals surface area contributed by atoms with Crippen LogP contribution in [-0.4, -0.2) is 44.8 Å². The van der Waals surface area contributed by atoms with E-state index < -0.39 is 0 Å². The lowest BCUT2D eigenvalue weighted by atomic mass is 9.82. The second-order valence-electron chi connectivity index (χ2n) is 4.95. The molecule has 0 bridgehead atoms. The first-order valence-electron chi connectivity index (χ1n) is 6.19. The van der Waals surface area contributed by atoms with Crippen LogP contribution < -0.4 is 5.73 Å². The number of rotatable bonds is 6. The molecule has 0 amide bonds. The van der Waals surface area contributed by atoms with Gasteiger partial charge in [0, 0.05) is 25.1 Å². The highest BCUT2D eigenvalue weighted by Crippen LogP contribution is 2.28. The highest BCUT2D eigenvalue weighted by Gasteiger charge is 2.32. The molecule has 15 heavy (non-hydrogen) atoms. The van der Waals surface area contributed by atoms with Gasteiger partial charge in [-0.05, 0) is 32.9 Å². The summed E-state index contributed by atoms with van der Waals surface area (Å²) in [4.78, 5) is 2.41. The van der Waals surface area contributed by atoms with Gasteiger partial charge in [-0.15, -0.1) is 0 Å². The Balaban J connectivity index is 2.37. The van der Waals surface area contributed by atoms with Crippen LogP contribution in [0.15, 0.2) is 0 Å². The smallest absolute Gasteiger partial charge is 0.0546 e. The molecule has 3 nitrogen and oxygen atoms in total. The predicted molar refractivity (Wildman–Crippen MR) is 63.9 cm³/mol. The fraction of sp³-hybridized carbons (Fsp3) is 1.00. The standard InChI is InChI=1S/C12H26N2O/c1-3-4-7-14(2)10-12(9-13)6-5-8-15-11-12/h3-11,13H2,1-2H3. The van der Waals surface area contributed by atoms with E-state index in [9.17, 15) is 0 Å². The van der Waals surface area contributed by atoms with Crippen LogP contribution in [0.2, 0.25) is 0 Å². The number of nitrogens with two attached hydrogens (primary N) is 1. The van der Waals surface area contributed by atoms with Crippen LogP contribution in [0.5, 0.6) is 0 Å². The van der Waals surface area contributed by atoms with E-state index in [0.717, 1.165) is 26.3 Å². The number of hydrogen-bond acceptors (Lipinski definition) is 3. The van der Waals surface area contributed by atoms with Crippen LogP contribution in [0.4, 0.5) is 0 Å². The molecule has 0 spiro atoms. The van der Waals surface area contributed by atoms with Crippen LogP contribution in [0, 0.1) is 5.41 Å². The van der Waals surface area contributed by atoms with E-state index in [1.807, 2.05) is 0 Å². The Labute approximate surface area is 94.0 Å². The molecule has 1 atom stereocenters. The van der Waals surface area contributed by atoms with Gasteiger partial charge < -0.3 is 15.4 Å². The van der Waals surface area contributed by atoms with Crippen molar-refractivity contribution in [1.82, 2.24) is 4.90 Å². The van der Waals surface area contributed by atoms with Gasteiger partial charge in [0.15, 0.2) is 0 Å². The summed E-state index contributed by atoms with van der Waals surface area (Å²) >= 11 is 0. The SMILES string of the molecule is CCCCN(C)CC1(CN)CCCOC1. The Morgan fingerprint density at radius 1 is 1.47 bits per heavy atom. The van der Waals surface area contributed by atoms with Crippen molar-refractivity contribution in [2.45, 2.75) is 32.6 Å². The first kappa shape index (κ1) is 12.9. The van der Waals surface area contributed by atoms with Crippen molar-refractivity contribution >= 4 is 0 Å². The number of unbranched alkanes of at least 4 members (excludes halogenated alkanes) is 1. The van der Waals surface area contributed by atoms with E-state index in [2.05, 4.69) is 18.9 Å². The van der Waals surface area contributed by atoms with Crippen molar-refractivity contribution in [3.63, 3.8) is 0 Å². The summed E-state index contributed by atoms with van der Waals surface area (Å²) in [5, 5.41) is 0. The van der Waals surface area contributed by atoms with Gasteiger partial charge in [-0.1, -0.05) is 13.3 Å². The molecule has 3 heteroatoms. The minimum atomic E-state index is 0.223. The van der Waals surface area contributed by atoms with Crippen LogP contribution >= 0.6 is 0 Å². The molecule has 90 valence electrons. The second-order valence-corrected chi connectivity index (χ2v) is 4.95. The first-order chi connectivity index (χ1) is 7.22. The molecule has 1 unspecified atom stereocenters. The van der Waals surface area contributed by atoms with E-state index in [0.29, 0.717) is 0 Å². The summed E-state index contributed by atoms with van der Waals surface area (Å²) in [6.45, 7) is 7.02. The Bertz CT molecular complexity index is 167. The van der Waals surface area contributed by atoms with Crippen molar-refractivity contribution in [2.24, 2.45) is 11.1 Å². The minimum Gasteiger partial charge on any atom is -0.381 e. The molecule has 0 saturated carbocycles. The van der Waals surface area contributed by atoms with Gasteiger partial charge in [0.2, 0.25) is 0 Å². The average molecular weight is 214 g/mol. The molecule has 1 saturated heterocycles. The summed E-state index contributed by atoms with van der Waals surface area (Å²) in [5.74, 6) is 0. The molecule has 0 aromatic carbocycles. The average Bonchev–Trinajstić information content (AvgIpc) is 2.27. The largest absolute Gasteiger partial charge is 0.381 e. The van der Waals surface area contributed by atoms with Gasteiger partial charge in [0.05, 0.1) is 6.61 Å². The zero-order chi connectivity index (χ0) is 11.1. The van der Waals surface area contributed by atoms with Gasteiger partial charge >= 0.3 is 0 Å². The van der Waals surface area contributed by atoms with Crippen molar-refractivity contribution in [2.75, 3.05) is 39.9 Å². The topological polar surface area (TPSA) is 38.5 Å². The van der Waals surface area contributed by atoms with Crippen molar-refractivity contribution < 1.29 is 4.74 Å². The quantitative estimate of drug-likeness (QED) is 0.728. The Morgan fingerprint density at radius 3 is 2.80 bits per heavy atom. The molecule has 1 aliphatic heterocycles. The predicted octanol–water partition coefficient (Wildman–Crippen LogP) is 1.47. The summed E-state index contributed by atoms with van der Waals surface area (Å²) in [5.41, 5.74) is 6.13. The molecule has 1 heterocycles. The monoisotopic (exact) mass is 214 g/mol. The number of hydrogen-bond donors (Lipinski definition) is 1. The number of nitrogens with zero attached hydrogens (tertiary/aromatic N) is 1. The van der Waals surface area contributed by atoms with E-state index >= 15 is 0 Å². The third-order valence-corrected chi connectivity index (χ3v) is 3.34. The lowest BCUT2D eigenvalue weighted by molar-refractivity contribution is -0.0183. The fourth-order valence-electron chi connectivity index (χ4n) is 2.34. The van der Waals surface area contributed by atoms with Gasteiger partial charge in [-0.3, -0.25) is 0 Å². The molecule has 1 rings (SSSR count). The van der Waals surface area contributed by atoms with Crippen LogP contribution in [0.3, 0.4) is 0 Å². The van der Waals surface area contributed by atoms with E-state index in [4.69, 9.17) is 10.5 Å². The highest BCUT2D eigenvalue weighted by atomic mass is 16.5. The zero-order valence-electron chi connectivity index (χ0n) is 10.3. The zero-order valence-corrected chi connectivity index (χ0v) is 10.3. The lowest BCUT2D eigenvalue weighted by Crippen LogP contribution is -2.46. The molecule has 2 N–H and O–H groups in total. The number of ether oxygens (including phenoxy) is 1. The third kappa shape index (κ3) is 4.09. The van der Waals surface area contributed by atoms with Gasteiger partial charge in [-0.25, -0.2) is 0 Å². The molecule has 0 aliphatic carbocycles. The molecule has 0 aromatic rings. The van der Waals surface area contributed by atoms with Gasteiger partial charge in [-0.2, -0.15) is 0 Å². The minimum absolute atomic E-state index is 0.223. The van der Waals surface area contributed by atoms with Crippen molar-refractivity contribution in [3.05, 3.63) is 0 Å². The maximum absolute atomic E-state index is 5.91. The highest BCUT2D eigenvalue weighted by molar-refractivity contribution is 4.85. The summed E-state index contributed by atoms with van der Waals surface area (Å²) in [6.07, 6.45) is 4.92. The summed E-state index contributed by atoms with van der Waals surface area (Å²) in [6, 6.07) is 0. The van der Waals surface area contributed by atoms with Crippen molar-refractivity contribution in [1.29, 1.82) is 0 Å². The van der Waals surface area contributed by atoms with Gasteiger partial charge in [0.25, 0.3) is 0 Å². The van der Waals surface area contributed by atoms with Crippen LogP contribution in [0.1, 0.15) is 32.6 Å². The maximum Gasteiger partial charge on any atom is 0.0546 e. The Morgan fingerprint density at radius 2 is 2.27 bits per heavy atom. The van der Waals surface area contributed by atoms with E-state index in [1.165, 1.54) is 32.2 Å². The third-order valence-electron chi connectivity index (χ3n) is 3.34. The normalized spacial score (nSPS) is 27.2. The Kier molecular flexibility index (Phi) is 5.58. The summed E-state index contributed by atoms with van der Waals surface area (Å²) < 4.78 is 5.58. The summed E-state index contributed by atoms with van der Waals surface area (Å²) in [7, 11) is 2.20. The molecular formula is C12H26N2O. The molecule has 0 radical (unpaired) electrons. The van der Waals surface area contributed by atoms with Crippen LogP contribution in [-0.2, 0) is 4.74 Å². The Hall–Kier alpha value is -0.120. The molecule has 0 aromatic heterocycles. The fourth-order valence-corrected chi connectivity index (χ4v) is 2.34. The molecular weight excluding hydrogens is 188 g/mol. The second kappa shape index (κ2) is 6.46. The molecule has 1 fully saturated rings. The van der Waals surface area contributed by atoms with Crippen molar-refractivity contribution in [3.8, 4) is 0 Å². The lowest BCUT2D eigenvalue weighted by Gasteiger charge is -2.39. The van der Waals surface area contributed by atoms with E-state index in [-0.39, 0.29) is 5.41 Å². The maximum atomic E-state index is 5.91. The van der Waals surface area contributed by atoms with Gasteiger partial charge in [0.1, 0.15) is 0 Å². The molecule has 1 aliphatic rings. The first-order valence-corrected chi connectivity index (χ1v) is 6.19.